The second-order valence-corrected chi connectivity index (χ2v) is 3.93. The standard InChI is InChI=1S/C13H18N2O4/c1-4-5-6-7-8-14-13(19)15-11(16)9(2)10(3)12(17)18/h1H,5-8H2,2-3H3,(H,17,18)(H2,14,15,16,19). The van der Waals surface area contributed by atoms with Gasteiger partial charge in [0.25, 0.3) is 5.91 Å². The highest BCUT2D eigenvalue weighted by atomic mass is 16.4. The molecule has 0 aliphatic heterocycles. The molecule has 0 aromatic carbocycles. The molecule has 0 aliphatic carbocycles. The zero-order valence-electron chi connectivity index (χ0n) is 11.1. The molecule has 0 atom stereocenters. The molecule has 0 bridgehead atoms. The first-order valence-electron chi connectivity index (χ1n) is 5.83. The summed E-state index contributed by atoms with van der Waals surface area (Å²) in [7, 11) is 0. The van der Waals surface area contributed by atoms with Gasteiger partial charge in [-0.25, -0.2) is 9.59 Å². The quantitative estimate of drug-likeness (QED) is 0.380. The van der Waals surface area contributed by atoms with Crippen LogP contribution in [0.5, 0.6) is 0 Å². The van der Waals surface area contributed by atoms with Crippen LogP contribution in [0, 0.1) is 12.3 Å². The molecule has 0 aromatic rings. The monoisotopic (exact) mass is 266 g/mol. The molecule has 0 rings (SSSR count). The third kappa shape index (κ3) is 6.88. The number of imide groups is 1. The molecule has 3 N–H and O–H groups in total. The van der Waals surface area contributed by atoms with Crippen molar-refractivity contribution in [2.24, 2.45) is 0 Å². The molecule has 0 radical (unpaired) electrons. The topological polar surface area (TPSA) is 95.5 Å². The summed E-state index contributed by atoms with van der Waals surface area (Å²) in [5.41, 5.74) is -0.102. The Hall–Kier alpha value is -2.29. The van der Waals surface area contributed by atoms with Gasteiger partial charge in [0.2, 0.25) is 0 Å². The minimum absolute atomic E-state index is 0.00465. The summed E-state index contributed by atoms with van der Waals surface area (Å²) in [5.74, 6) is 0.568. The van der Waals surface area contributed by atoms with Crippen molar-refractivity contribution >= 4 is 17.9 Å². The second-order valence-electron chi connectivity index (χ2n) is 3.93. The van der Waals surface area contributed by atoms with E-state index < -0.39 is 17.9 Å². The third-order valence-electron chi connectivity index (χ3n) is 2.48. The summed E-state index contributed by atoms with van der Waals surface area (Å²) in [4.78, 5) is 33.5. The number of unbranched alkanes of at least 4 members (excludes halogenated alkanes) is 2. The summed E-state index contributed by atoms with van der Waals surface area (Å²) in [6.45, 7) is 3.05. The van der Waals surface area contributed by atoms with Gasteiger partial charge in [-0.3, -0.25) is 10.1 Å². The van der Waals surface area contributed by atoms with Crippen molar-refractivity contribution in [2.75, 3.05) is 6.54 Å². The van der Waals surface area contributed by atoms with Gasteiger partial charge in [0.15, 0.2) is 0 Å². The van der Waals surface area contributed by atoms with Gasteiger partial charge >= 0.3 is 12.0 Å². The molecule has 6 nitrogen and oxygen atoms in total. The molecule has 0 unspecified atom stereocenters. The Morgan fingerprint density at radius 3 is 2.32 bits per heavy atom. The van der Waals surface area contributed by atoms with Crippen LogP contribution in [0.4, 0.5) is 4.79 Å². The van der Waals surface area contributed by atoms with E-state index in [1.54, 1.807) is 0 Å². The Labute approximate surface area is 112 Å². The zero-order valence-corrected chi connectivity index (χ0v) is 11.1. The van der Waals surface area contributed by atoms with Gasteiger partial charge in [0.05, 0.1) is 0 Å². The molecule has 0 heterocycles. The maximum absolute atomic E-state index is 11.5. The summed E-state index contributed by atoms with van der Waals surface area (Å²) in [6.07, 6.45) is 7.23. The van der Waals surface area contributed by atoms with E-state index in [1.807, 2.05) is 0 Å². The van der Waals surface area contributed by atoms with E-state index in [4.69, 9.17) is 11.5 Å². The van der Waals surface area contributed by atoms with Crippen LogP contribution in [0.2, 0.25) is 0 Å². The average Bonchev–Trinajstić information content (AvgIpc) is 2.36. The SMILES string of the molecule is C#CCCCCNC(=O)NC(=O)C(C)=C(C)C(=O)O. The second kappa shape index (κ2) is 8.75. The molecule has 19 heavy (non-hydrogen) atoms. The molecule has 0 aromatic heterocycles. The van der Waals surface area contributed by atoms with E-state index in [9.17, 15) is 14.4 Å². The highest BCUT2D eigenvalue weighted by Gasteiger charge is 2.14. The van der Waals surface area contributed by atoms with Gasteiger partial charge in [-0.05, 0) is 26.7 Å². The Morgan fingerprint density at radius 1 is 1.16 bits per heavy atom. The molecule has 0 saturated heterocycles. The lowest BCUT2D eigenvalue weighted by Crippen LogP contribution is -2.40. The minimum atomic E-state index is -1.19. The highest BCUT2D eigenvalue weighted by Crippen LogP contribution is 2.03. The van der Waals surface area contributed by atoms with Crippen LogP contribution in [0.25, 0.3) is 0 Å². The first-order valence-corrected chi connectivity index (χ1v) is 5.83. The fourth-order valence-electron chi connectivity index (χ4n) is 1.13. The zero-order chi connectivity index (χ0) is 14.8. The van der Waals surface area contributed by atoms with E-state index in [1.165, 1.54) is 13.8 Å². The largest absolute Gasteiger partial charge is 0.478 e. The molecular weight excluding hydrogens is 248 g/mol. The number of hydrogen-bond acceptors (Lipinski definition) is 3. The van der Waals surface area contributed by atoms with Crippen LogP contribution in [-0.2, 0) is 9.59 Å². The first kappa shape index (κ1) is 16.7. The first-order chi connectivity index (χ1) is 8.90. The fourth-order valence-corrected chi connectivity index (χ4v) is 1.13. The molecule has 3 amide bonds. The van der Waals surface area contributed by atoms with Crippen molar-refractivity contribution in [3.8, 4) is 12.3 Å². The lowest BCUT2D eigenvalue weighted by molar-refractivity contribution is -0.133. The number of aliphatic carboxylic acids is 1. The van der Waals surface area contributed by atoms with Crippen molar-refractivity contribution in [3.05, 3.63) is 11.1 Å². The summed E-state index contributed by atoms with van der Waals surface area (Å²) in [5, 5.41) is 13.2. The summed E-state index contributed by atoms with van der Waals surface area (Å²) >= 11 is 0. The highest BCUT2D eigenvalue weighted by molar-refractivity contribution is 6.07. The number of terminal acetylenes is 1. The van der Waals surface area contributed by atoms with Crippen LogP contribution in [0.3, 0.4) is 0 Å². The van der Waals surface area contributed by atoms with Crippen molar-refractivity contribution in [2.45, 2.75) is 33.1 Å². The van der Waals surface area contributed by atoms with E-state index >= 15 is 0 Å². The van der Waals surface area contributed by atoms with Crippen LogP contribution in [-0.4, -0.2) is 29.6 Å². The number of carbonyl (C=O) groups is 3. The van der Waals surface area contributed by atoms with Gasteiger partial charge in [-0.15, -0.1) is 12.3 Å². The molecule has 0 fully saturated rings. The van der Waals surface area contributed by atoms with E-state index in [2.05, 4.69) is 16.6 Å². The van der Waals surface area contributed by atoms with Crippen molar-refractivity contribution in [1.82, 2.24) is 10.6 Å². The molecule has 0 spiro atoms. The Bertz CT molecular complexity index is 432. The predicted octanol–water partition coefficient (Wildman–Crippen LogP) is 1.04. The number of nitrogens with one attached hydrogen (secondary N) is 2. The summed E-state index contributed by atoms with van der Waals surface area (Å²) < 4.78 is 0. The van der Waals surface area contributed by atoms with Crippen molar-refractivity contribution in [3.63, 3.8) is 0 Å². The Kier molecular flexibility index (Phi) is 7.70. The number of carboxylic acids is 1. The van der Waals surface area contributed by atoms with Gasteiger partial charge in [-0.2, -0.15) is 0 Å². The molecule has 6 heteroatoms. The summed E-state index contributed by atoms with van der Waals surface area (Å²) in [6, 6.07) is -0.650. The number of hydrogen-bond donors (Lipinski definition) is 3. The smallest absolute Gasteiger partial charge is 0.331 e. The van der Waals surface area contributed by atoms with Crippen molar-refractivity contribution < 1.29 is 19.5 Å². The van der Waals surface area contributed by atoms with E-state index in [0.29, 0.717) is 13.0 Å². The third-order valence-corrected chi connectivity index (χ3v) is 2.48. The maximum atomic E-state index is 11.5. The van der Waals surface area contributed by atoms with E-state index in [0.717, 1.165) is 12.8 Å². The average molecular weight is 266 g/mol. The molecular formula is C13H18N2O4. The number of carbonyl (C=O) groups excluding carboxylic acids is 2. The minimum Gasteiger partial charge on any atom is -0.478 e. The van der Waals surface area contributed by atoms with Crippen LogP contribution in [0.1, 0.15) is 33.1 Å². The number of amides is 3. The van der Waals surface area contributed by atoms with Crippen LogP contribution < -0.4 is 10.6 Å². The Balaban J connectivity index is 4.14. The number of carboxylic acid groups (broad SMARTS) is 1. The van der Waals surface area contributed by atoms with Gasteiger partial charge < -0.3 is 10.4 Å². The lowest BCUT2D eigenvalue weighted by Gasteiger charge is -2.07. The van der Waals surface area contributed by atoms with Crippen molar-refractivity contribution in [1.29, 1.82) is 0 Å². The van der Waals surface area contributed by atoms with Gasteiger partial charge in [0, 0.05) is 24.1 Å². The maximum Gasteiger partial charge on any atom is 0.331 e. The Morgan fingerprint density at radius 2 is 1.79 bits per heavy atom. The molecule has 0 aliphatic rings. The molecule has 104 valence electrons. The van der Waals surface area contributed by atoms with Gasteiger partial charge in [0.1, 0.15) is 0 Å². The van der Waals surface area contributed by atoms with Crippen LogP contribution in [0.15, 0.2) is 11.1 Å². The number of rotatable bonds is 6. The fraction of sp³-hybridized carbons (Fsp3) is 0.462. The van der Waals surface area contributed by atoms with E-state index in [-0.39, 0.29) is 11.1 Å². The van der Waals surface area contributed by atoms with Crippen LogP contribution >= 0.6 is 0 Å². The number of urea groups is 1. The lowest BCUT2D eigenvalue weighted by atomic mass is 10.1. The predicted molar refractivity (Wildman–Crippen MR) is 70.2 cm³/mol. The molecule has 0 saturated carbocycles. The normalized spacial score (nSPS) is 11.0. The van der Waals surface area contributed by atoms with Gasteiger partial charge in [-0.1, -0.05) is 0 Å².